The summed E-state index contributed by atoms with van der Waals surface area (Å²) in [4.78, 5) is 0.651. The van der Waals surface area contributed by atoms with Crippen LogP contribution in [0.15, 0.2) is 46.2 Å². The summed E-state index contributed by atoms with van der Waals surface area (Å²) in [7, 11) is -3.47. The Balaban J connectivity index is 2.42. The Bertz CT molecular complexity index is 560. The molecule has 0 spiro atoms. The lowest BCUT2D eigenvalue weighted by Gasteiger charge is -2.15. The molecule has 0 radical (unpaired) electrons. The molecule has 0 unspecified atom stereocenters. The molecule has 3 nitrogen and oxygen atoms in total. The molecular weight excluding hydrogens is 260 g/mol. The first kappa shape index (κ1) is 14.3. The number of allylic oxidation sites excluding steroid dienone is 1. The topological polar surface area (TPSA) is 54.4 Å². The van der Waals surface area contributed by atoms with Crippen LogP contribution >= 0.6 is 0 Å². The maximum atomic E-state index is 12.6. The van der Waals surface area contributed by atoms with E-state index in [1.807, 2.05) is 13.8 Å². The number of hydrogen-bond acceptors (Lipinski definition) is 3. The van der Waals surface area contributed by atoms with E-state index >= 15 is 0 Å². The molecule has 0 saturated heterocycles. The van der Waals surface area contributed by atoms with Gasteiger partial charge < -0.3 is 5.11 Å². The van der Waals surface area contributed by atoms with Gasteiger partial charge in [-0.05, 0) is 42.9 Å². The Kier molecular flexibility index (Phi) is 4.11. The average molecular weight is 280 g/mol. The molecule has 1 N–H and O–H groups in total. The second kappa shape index (κ2) is 5.47. The zero-order chi connectivity index (χ0) is 14.0. The fourth-order valence-electron chi connectivity index (χ4n) is 2.57. The van der Waals surface area contributed by atoms with E-state index in [1.165, 1.54) is 6.08 Å². The molecule has 1 aromatic carbocycles. The molecule has 0 fully saturated rings. The van der Waals surface area contributed by atoms with E-state index < -0.39 is 15.9 Å². The first-order valence-electron chi connectivity index (χ1n) is 6.60. The average Bonchev–Trinajstić information content (AvgIpc) is 2.50. The summed E-state index contributed by atoms with van der Waals surface area (Å²) in [6.07, 6.45) is 2.18. The predicted octanol–water partition coefficient (Wildman–Crippen LogP) is 2.77. The molecular formula is C15H20O3S. The molecule has 0 bridgehead atoms. The van der Waals surface area contributed by atoms with Crippen LogP contribution in [0, 0.1) is 11.8 Å². The zero-order valence-electron chi connectivity index (χ0n) is 11.3. The van der Waals surface area contributed by atoms with Gasteiger partial charge in [-0.25, -0.2) is 8.42 Å². The molecule has 19 heavy (non-hydrogen) atoms. The molecule has 1 aromatic rings. The number of aliphatic hydroxyl groups excluding tert-OH is 1. The summed E-state index contributed by atoms with van der Waals surface area (Å²) in [5.41, 5.74) is 0. The van der Waals surface area contributed by atoms with Crippen molar-refractivity contribution >= 4 is 9.84 Å². The van der Waals surface area contributed by atoms with Gasteiger partial charge in [0.1, 0.15) is 0 Å². The van der Waals surface area contributed by atoms with Crippen LogP contribution in [0.25, 0.3) is 0 Å². The molecule has 2 rings (SSSR count). The number of hydrogen-bond donors (Lipinski definition) is 1. The van der Waals surface area contributed by atoms with Gasteiger partial charge in [0.2, 0.25) is 9.84 Å². The van der Waals surface area contributed by atoms with Crippen LogP contribution in [-0.2, 0) is 9.84 Å². The van der Waals surface area contributed by atoms with Crippen LogP contribution in [-0.4, -0.2) is 19.6 Å². The monoisotopic (exact) mass is 280 g/mol. The van der Waals surface area contributed by atoms with Gasteiger partial charge in [0.15, 0.2) is 0 Å². The Morgan fingerprint density at radius 2 is 1.79 bits per heavy atom. The maximum absolute atomic E-state index is 12.6. The van der Waals surface area contributed by atoms with Crippen LogP contribution in [0.3, 0.4) is 0 Å². The number of rotatable bonds is 2. The lowest BCUT2D eigenvalue weighted by Crippen LogP contribution is -2.15. The molecule has 1 aliphatic carbocycles. The molecule has 1 aliphatic rings. The van der Waals surface area contributed by atoms with Crippen LogP contribution < -0.4 is 0 Å². The van der Waals surface area contributed by atoms with Gasteiger partial charge in [0, 0.05) is 4.91 Å². The van der Waals surface area contributed by atoms with Gasteiger partial charge in [0.05, 0.1) is 11.0 Å². The van der Waals surface area contributed by atoms with E-state index in [0.29, 0.717) is 16.2 Å². The van der Waals surface area contributed by atoms with Gasteiger partial charge >= 0.3 is 0 Å². The van der Waals surface area contributed by atoms with Crippen molar-refractivity contribution in [1.82, 2.24) is 0 Å². The third-order valence-electron chi connectivity index (χ3n) is 3.66. The van der Waals surface area contributed by atoms with E-state index in [0.717, 1.165) is 6.42 Å². The Hall–Kier alpha value is -1.13. The summed E-state index contributed by atoms with van der Waals surface area (Å²) < 4.78 is 25.1. The van der Waals surface area contributed by atoms with Gasteiger partial charge in [0.25, 0.3) is 0 Å². The minimum absolute atomic E-state index is 0.0958. The van der Waals surface area contributed by atoms with Crippen molar-refractivity contribution in [2.75, 3.05) is 0 Å². The van der Waals surface area contributed by atoms with Gasteiger partial charge in [-0.2, -0.15) is 0 Å². The number of benzene rings is 1. The molecule has 0 aromatic heterocycles. The van der Waals surface area contributed by atoms with E-state index in [1.54, 1.807) is 30.3 Å². The van der Waals surface area contributed by atoms with Crippen molar-refractivity contribution in [3.05, 3.63) is 41.3 Å². The first-order chi connectivity index (χ1) is 8.91. The molecule has 3 atom stereocenters. The molecule has 4 heteroatoms. The zero-order valence-corrected chi connectivity index (χ0v) is 12.1. The molecule has 0 amide bonds. The fourth-order valence-corrected chi connectivity index (χ4v) is 4.21. The lowest BCUT2D eigenvalue weighted by molar-refractivity contribution is 0.151. The molecule has 104 valence electrons. The summed E-state index contributed by atoms with van der Waals surface area (Å²) in [6, 6.07) is 8.42. The SMILES string of the molecule is C[C@H]1CC(S(=O)(=O)c2ccccc2)=C[C@@H](O)[C@H](C)C1. The highest BCUT2D eigenvalue weighted by Crippen LogP contribution is 2.32. The highest BCUT2D eigenvalue weighted by molar-refractivity contribution is 7.95. The third-order valence-corrected chi connectivity index (χ3v) is 5.55. The van der Waals surface area contributed by atoms with Crippen molar-refractivity contribution in [2.45, 2.75) is 37.7 Å². The van der Waals surface area contributed by atoms with Gasteiger partial charge in [-0.15, -0.1) is 0 Å². The predicted molar refractivity (Wildman–Crippen MR) is 75.3 cm³/mol. The van der Waals surface area contributed by atoms with E-state index in [2.05, 4.69) is 0 Å². The Labute approximate surface area is 114 Å². The summed E-state index contributed by atoms with van der Waals surface area (Å²) in [5, 5.41) is 10.0. The van der Waals surface area contributed by atoms with Gasteiger partial charge in [-0.3, -0.25) is 0 Å². The van der Waals surface area contributed by atoms with Crippen molar-refractivity contribution in [3.63, 3.8) is 0 Å². The second-order valence-corrected chi connectivity index (χ2v) is 7.46. The number of aliphatic hydroxyl groups is 1. The van der Waals surface area contributed by atoms with Gasteiger partial charge in [-0.1, -0.05) is 32.0 Å². The van der Waals surface area contributed by atoms with Crippen molar-refractivity contribution in [1.29, 1.82) is 0 Å². The fraction of sp³-hybridized carbons (Fsp3) is 0.467. The lowest BCUT2D eigenvalue weighted by atomic mass is 9.94. The highest BCUT2D eigenvalue weighted by Gasteiger charge is 2.28. The molecule has 0 heterocycles. The smallest absolute Gasteiger partial charge is 0.202 e. The standard InChI is InChI=1S/C15H20O3S/c1-11-8-12(2)15(16)10-14(9-11)19(17,18)13-6-4-3-5-7-13/h3-7,10-12,15-16H,8-9H2,1-2H3/t11-,12-,15-/m1/s1. The van der Waals surface area contributed by atoms with Crippen molar-refractivity contribution < 1.29 is 13.5 Å². The third kappa shape index (κ3) is 3.07. The molecule has 0 saturated carbocycles. The highest BCUT2D eigenvalue weighted by atomic mass is 32.2. The quantitative estimate of drug-likeness (QED) is 0.906. The maximum Gasteiger partial charge on any atom is 0.202 e. The minimum atomic E-state index is -3.47. The summed E-state index contributed by atoms with van der Waals surface area (Å²) in [6.45, 7) is 3.98. The first-order valence-corrected chi connectivity index (χ1v) is 8.08. The van der Waals surface area contributed by atoms with Crippen LogP contribution in [0.2, 0.25) is 0 Å². The van der Waals surface area contributed by atoms with Crippen molar-refractivity contribution in [3.8, 4) is 0 Å². The van der Waals surface area contributed by atoms with Crippen LogP contribution in [0.1, 0.15) is 26.7 Å². The van der Waals surface area contributed by atoms with Crippen molar-refractivity contribution in [2.24, 2.45) is 11.8 Å². The number of sulfone groups is 1. The Morgan fingerprint density at radius 1 is 1.16 bits per heavy atom. The van der Waals surface area contributed by atoms with E-state index in [9.17, 15) is 13.5 Å². The van der Waals surface area contributed by atoms with Crippen LogP contribution in [0.5, 0.6) is 0 Å². The molecule has 0 aliphatic heterocycles. The Morgan fingerprint density at radius 3 is 2.42 bits per heavy atom. The normalized spacial score (nSPS) is 28.6. The second-order valence-electron chi connectivity index (χ2n) is 5.46. The minimum Gasteiger partial charge on any atom is -0.389 e. The van der Waals surface area contributed by atoms with E-state index in [4.69, 9.17) is 0 Å². The largest absolute Gasteiger partial charge is 0.389 e. The van der Waals surface area contributed by atoms with Crippen LogP contribution in [0.4, 0.5) is 0 Å². The van der Waals surface area contributed by atoms with E-state index in [-0.39, 0.29) is 11.8 Å². The summed E-state index contributed by atoms with van der Waals surface area (Å²) >= 11 is 0. The summed E-state index contributed by atoms with van der Waals surface area (Å²) in [5.74, 6) is 0.357.